The van der Waals surface area contributed by atoms with Gasteiger partial charge in [-0.1, -0.05) is 54.0 Å². The molecule has 0 bridgehead atoms. The number of ether oxygens (including phenoxy) is 1. The highest BCUT2D eigenvalue weighted by atomic mass is 16.5. The summed E-state index contributed by atoms with van der Waals surface area (Å²) in [6.07, 6.45) is 0. The molecule has 4 aromatic carbocycles. The third-order valence-electron chi connectivity index (χ3n) is 5.25. The molecule has 0 aliphatic carbocycles. The lowest BCUT2D eigenvalue weighted by Crippen LogP contribution is -1.99. The SMILES string of the molecule is [B]c1ccc(-c2ccc3c(c2)c2ccccc2n3-c2ccc(OC)cc2)cc1. The van der Waals surface area contributed by atoms with Gasteiger partial charge in [-0.2, -0.15) is 0 Å². The lowest BCUT2D eigenvalue weighted by Gasteiger charge is -2.09. The van der Waals surface area contributed by atoms with Gasteiger partial charge in [-0.05, 0) is 53.6 Å². The number of aromatic nitrogens is 1. The topological polar surface area (TPSA) is 14.2 Å². The van der Waals surface area contributed by atoms with Gasteiger partial charge in [0.2, 0.25) is 0 Å². The predicted molar refractivity (Wildman–Crippen MR) is 118 cm³/mol. The molecule has 3 heteroatoms. The lowest BCUT2D eigenvalue weighted by molar-refractivity contribution is 0.415. The quantitative estimate of drug-likeness (QED) is 0.401. The zero-order valence-electron chi connectivity index (χ0n) is 15.6. The zero-order chi connectivity index (χ0) is 19.1. The first-order valence-corrected chi connectivity index (χ1v) is 9.28. The van der Waals surface area contributed by atoms with Crippen molar-refractivity contribution in [2.75, 3.05) is 7.11 Å². The molecule has 5 rings (SSSR count). The molecule has 28 heavy (non-hydrogen) atoms. The minimum atomic E-state index is 0.779. The maximum absolute atomic E-state index is 5.85. The van der Waals surface area contributed by atoms with Crippen LogP contribution in [-0.2, 0) is 0 Å². The highest BCUT2D eigenvalue weighted by Gasteiger charge is 2.13. The Morgan fingerprint density at radius 2 is 1.36 bits per heavy atom. The number of rotatable bonds is 3. The molecule has 0 fully saturated rings. The van der Waals surface area contributed by atoms with E-state index in [1.54, 1.807) is 7.11 Å². The summed E-state index contributed by atoms with van der Waals surface area (Å²) in [5.74, 6) is 0.857. The molecule has 2 radical (unpaired) electrons. The summed E-state index contributed by atoms with van der Waals surface area (Å²) in [7, 11) is 7.53. The fourth-order valence-electron chi connectivity index (χ4n) is 3.84. The number of methoxy groups -OCH3 is 1. The second-order valence-corrected chi connectivity index (χ2v) is 6.90. The molecule has 0 saturated carbocycles. The largest absolute Gasteiger partial charge is 0.497 e. The van der Waals surface area contributed by atoms with Gasteiger partial charge >= 0.3 is 0 Å². The second-order valence-electron chi connectivity index (χ2n) is 6.90. The smallest absolute Gasteiger partial charge is 0.119 e. The molecule has 132 valence electrons. The molecule has 0 atom stereocenters. The normalized spacial score (nSPS) is 11.2. The third kappa shape index (κ3) is 2.68. The Hall–Kier alpha value is -3.46. The molecule has 5 aromatic rings. The van der Waals surface area contributed by atoms with E-state index < -0.39 is 0 Å². The molecule has 1 heterocycles. The van der Waals surface area contributed by atoms with Crippen LogP contribution in [0.1, 0.15) is 0 Å². The van der Waals surface area contributed by atoms with Crippen molar-refractivity contribution >= 4 is 35.1 Å². The van der Waals surface area contributed by atoms with E-state index in [4.69, 9.17) is 12.6 Å². The van der Waals surface area contributed by atoms with Crippen LogP contribution < -0.4 is 10.2 Å². The van der Waals surface area contributed by atoms with Crippen LogP contribution in [0.25, 0.3) is 38.6 Å². The van der Waals surface area contributed by atoms with Gasteiger partial charge in [-0.15, -0.1) is 0 Å². The Morgan fingerprint density at radius 3 is 2.11 bits per heavy atom. The van der Waals surface area contributed by atoms with Crippen molar-refractivity contribution in [3.05, 3.63) is 91.0 Å². The molecular formula is C25H18BNO. The van der Waals surface area contributed by atoms with E-state index >= 15 is 0 Å². The number of benzene rings is 4. The zero-order valence-corrected chi connectivity index (χ0v) is 15.6. The summed E-state index contributed by atoms with van der Waals surface area (Å²) in [5, 5.41) is 2.48. The van der Waals surface area contributed by atoms with Crippen LogP contribution >= 0.6 is 0 Å². The molecule has 0 amide bonds. The molecular weight excluding hydrogens is 341 g/mol. The van der Waals surface area contributed by atoms with Crippen LogP contribution in [-0.4, -0.2) is 19.5 Å². The number of fused-ring (bicyclic) bond motifs is 3. The summed E-state index contributed by atoms with van der Waals surface area (Å²) in [5.41, 5.74) is 6.62. The first-order valence-electron chi connectivity index (χ1n) is 9.28. The molecule has 0 N–H and O–H groups in total. The first kappa shape index (κ1) is 16.7. The fourth-order valence-corrected chi connectivity index (χ4v) is 3.84. The Kier molecular flexibility index (Phi) is 3.94. The Morgan fingerprint density at radius 1 is 0.679 bits per heavy atom. The van der Waals surface area contributed by atoms with Gasteiger partial charge in [0.1, 0.15) is 13.6 Å². The second kappa shape index (κ2) is 6.61. The lowest BCUT2D eigenvalue weighted by atomic mass is 9.93. The Labute approximate surface area is 165 Å². The Bertz CT molecular complexity index is 1280. The maximum Gasteiger partial charge on any atom is 0.119 e. The van der Waals surface area contributed by atoms with Gasteiger partial charge in [0.15, 0.2) is 0 Å². The van der Waals surface area contributed by atoms with Crippen molar-refractivity contribution in [1.29, 1.82) is 0 Å². The minimum absolute atomic E-state index is 0.779. The summed E-state index contributed by atoms with van der Waals surface area (Å²) >= 11 is 0. The van der Waals surface area contributed by atoms with Gasteiger partial charge in [-0.25, -0.2) is 0 Å². The molecule has 0 saturated heterocycles. The van der Waals surface area contributed by atoms with Crippen molar-refractivity contribution in [2.45, 2.75) is 0 Å². The van der Waals surface area contributed by atoms with Crippen LogP contribution in [0.2, 0.25) is 0 Å². The number of nitrogens with zero attached hydrogens (tertiary/aromatic N) is 1. The summed E-state index contributed by atoms with van der Waals surface area (Å²) < 4.78 is 7.62. The van der Waals surface area contributed by atoms with Gasteiger partial charge < -0.3 is 9.30 Å². The summed E-state index contributed by atoms with van der Waals surface area (Å²) in [6.45, 7) is 0. The van der Waals surface area contributed by atoms with E-state index in [0.29, 0.717) is 0 Å². The molecule has 0 unspecified atom stereocenters. The van der Waals surface area contributed by atoms with Gasteiger partial charge in [0, 0.05) is 16.5 Å². The van der Waals surface area contributed by atoms with Crippen molar-refractivity contribution < 1.29 is 4.74 Å². The molecule has 0 spiro atoms. The van der Waals surface area contributed by atoms with E-state index in [9.17, 15) is 0 Å². The van der Waals surface area contributed by atoms with Crippen molar-refractivity contribution in [3.63, 3.8) is 0 Å². The molecule has 1 aromatic heterocycles. The van der Waals surface area contributed by atoms with Gasteiger partial charge in [0.25, 0.3) is 0 Å². The highest BCUT2D eigenvalue weighted by Crippen LogP contribution is 2.35. The highest BCUT2D eigenvalue weighted by molar-refractivity contribution is 6.32. The number of para-hydroxylation sites is 1. The van der Waals surface area contributed by atoms with Crippen molar-refractivity contribution in [1.82, 2.24) is 4.57 Å². The predicted octanol–water partition coefficient (Wildman–Crippen LogP) is 5.25. The fraction of sp³-hybridized carbons (Fsp3) is 0.0400. The first-order chi connectivity index (χ1) is 13.7. The molecule has 0 aliphatic heterocycles. The van der Waals surface area contributed by atoms with Gasteiger partial charge in [-0.3, -0.25) is 0 Å². The van der Waals surface area contributed by atoms with E-state index in [1.165, 1.54) is 27.4 Å². The van der Waals surface area contributed by atoms with Gasteiger partial charge in [0.05, 0.1) is 18.1 Å². The van der Waals surface area contributed by atoms with Crippen LogP contribution in [0, 0.1) is 0 Å². The van der Waals surface area contributed by atoms with Crippen molar-refractivity contribution in [2.24, 2.45) is 0 Å². The van der Waals surface area contributed by atoms with Crippen LogP contribution in [0.3, 0.4) is 0 Å². The average Bonchev–Trinajstić information content (AvgIpc) is 3.08. The van der Waals surface area contributed by atoms with E-state index in [0.717, 1.165) is 22.5 Å². The molecule has 2 nitrogen and oxygen atoms in total. The Balaban J connectivity index is 1.76. The van der Waals surface area contributed by atoms with Crippen molar-refractivity contribution in [3.8, 4) is 22.6 Å². The van der Waals surface area contributed by atoms with Crippen LogP contribution in [0.4, 0.5) is 0 Å². The number of hydrogen-bond acceptors (Lipinski definition) is 1. The summed E-state index contributed by atoms with van der Waals surface area (Å²) in [6, 6.07) is 31.4. The van der Waals surface area contributed by atoms with E-state index in [1.807, 2.05) is 24.3 Å². The number of hydrogen-bond donors (Lipinski definition) is 0. The monoisotopic (exact) mass is 359 g/mol. The third-order valence-corrected chi connectivity index (χ3v) is 5.25. The maximum atomic E-state index is 5.85. The minimum Gasteiger partial charge on any atom is -0.497 e. The van der Waals surface area contributed by atoms with E-state index in [2.05, 4.69) is 71.3 Å². The molecule has 0 aliphatic rings. The average molecular weight is 359 g/mol. The summed E-state index contributed by atoms with van der Waals surface area (Å²) in [4.78, 5) is 0. The standard InChI is InChI=1S/C25H18BNO/c1-28-21-13-11-20(12-14-21)27-24-5-3-2-4-22(24)23-16-18(8-15-25(23)27)17-6-9-19(26)10-7-17/h2-16H,1H3. The van der Waals surface area contributed by atoms with E-state index in [-0.39, 0.29) is 0 Å². The van der Waals surface area contributed by atoms with Crippen LogP contribution in [0.5, 0.6) is 5.75 Å². The van der Waals surface area contributed by atoms with Crippen LogP contribution in [0.15, 0.2) is 91.0 Å².